The summed E-state index contributed by atoms with van der Waals surface area (Å²) in [6.45, 7) is 1.25. The fraction of sp³-hybridized carbons (Fsp3) is 0.238. The number of hydrogen-bond acceptors (Lipinski definition) is 5. The van der Waals surface area contributed by atoms with Crippen molar-refractivity contribution in [2.24, 2.45) is 5.92 Å². The molecule has 3 rings (SSSR count). The molecule has 0 radical (unpaired) electrons. The summed E-state index contributed by atoms with van der Waals surface area (Å²) in [6, 6.07) is 15.5. The van der Waals surface area contributed by atoms with Crippen LogP contribution in [0, 0.1) is 5.92 Å². The molecule has 2 aromatic rings. The van der Waals surface area contributed by atoms with Gasteiger partial charge in [0, 0.05) is 29.9 Å². The number of carbonyl (C=O) groups excluding carboxylic acids is 4. The summed E-state index contributed by atoms with van der Waals surface area (Å²) in [5.41, 5.74) is 1.77. The average Bonchev–Trinajstić information content (AvgIpc) is 3.09. The molecule has 7 nitrogen and oxygen atoms in total. The van der Waals surface area contributed by atoms with Gasteiger partial charge in [-0.3, -0.25) is 19.2 Å². The summed E-state index contributed by atoms with van der Waals surface area (Å²) in [7, 11) is 0. The van der Waals surface area contributed by atoms with Crippen molar-refractivity contribution in [1.29, 1.82) is 0 Å². The Hall–Kier alpha value is -3.48. The molecule has 0 unspecified atom stereocenters. The van der Waals surface area contributed by atoms with Crippen LogP contribution in [0.4, 0.5) is 11.4 Å². The van der Waals surface area contributed by atoms with Gasteiger partial charge in [0.15, 0.2) is 12.4 Å². The summed E-state index contributed by atoms with van der Waals surface area (Å²) >= 11 is 0. The normalized spacial score (nSPS) is 16.0. The predicted molar refractivity (Wildman–Crippen MR) is 103 cm³/mol. The molecule has 0 spiro atoms. The van der Waals surface area contributed by atoms with Crippen LogP contribution in [0.15, 0.2) is 54.6 Å². The molecule has 0 aliphatic carbocycles. The van der Waals surface area contributed by atoms with Crippen molar-refractivity contribution >= 4 is 34.9 Å². The predicted octanol–water partition coefficient (Wildman–Crippen LogP) is 2.42. The minimum Gasteiger partial charge on any atom is -0.455 e. The summed E-state index contributed by atoms with van der Waals surface area (Å²) in [4.78, 5) is 49.1. The summed E-state index contributed by atoms with van der Waals surface area (Å²) in [6.07, 6.45) is 0.0574. The average molecular weight is 380 g/mol. The smallest absolute Gasteiger partial charge is 0.311 e. The Bertz CT molecular complexity index is 893. The number of amides is 2. The zero-order chi connectivity index (χ0) is 20.1. The number of nitrogens with one attached hydrogen (secondary N) is 1. The number of Topliss-reactive ketones (excluding diaryl/α,β-unsaturated/α-hetero) is 1. The zero-order valence-corrected chi connectivity index (χ0v) is 15.4. The highest BCUT2D eigenvalue weighted by atomic mass is 16.5. The molecular weight excluding hydrogens is 360 g/mol. The Morgan fingerprint density at radius 1 is 1.07 bits per heavy atom. The van der Waals surface area contributed by atoms with E-state index in [0.29, 0.717) is 11.3 Å². The van der Waals surface area contributed by atoms with E-state index in [2.05, 4.69) is 5.32 Å². The number of rotatable bonds is 6. The van der Waals surface area contributed by atoms with E-state index < -0.39 is 24.4 Å². The van der Waals surface area contributed by atoms with Crippen LogP contribution in [0.5, 0.6) is 0 Å². The zero-order valence-electron chi connectivity index (χ0n) is 15.4. The Morgan fingerprint density at radius 2 is 1.75 bits per heavy atom. The maximum absolute atomic E-state index is 12.2. The molecule has 7 heteroatoms. The number of nitrogens with zero attached hydrogens (tertiary/aromatic N) is 1. The number of carbonyl (C=O) groups is 4. The summed E-state index contributed by atoms with van der Waals surface area (Å²) in [5, 5.41) is 2.59. The molecule has 1 aliphatic heterocycles. The topological polar surface area (TPSA) is 92.8 Å². The third-order valence-corrected chi connectivity index (χ3v) is 4.45. The van der Waals surface area contributed by atoms with Gasteiger partial charge in [-0.2, -0.15) is 0 Å². The Balaban J connectivity index is 1.49. The van der Waals surface area contributed by atoms with Crippen molar-refractivity contribution in [1.82, 2.24) is 0 Å². The van der Waals surface area contributed by atoms with Crippen molar-refractivity contribution in [3.05, 3.63) is 60.2 Å². The lowest BCUT2D eigenvalue weighted by Gasteiger charge is -2.16. The first-order valence-electron chi connectivity index (χ1n) is 8.87. The van der Waals surface area contributed by atoms with Crippen LogP contribution < -0.4 is 10.2 Å². The molecule has 28 heavy (non-hydrogen) atoms. The van der Waals surface area contributed by atoms with Gasteiger partial charge in [0.1, 0.15) is 0 Å². The van der Waals surface area contributed by atoms with Crippen molar-refractivity contribution in [3.8, 4) is 0 Å². The van der Waals surface area contributed by atoms with Gasteiger partial charge in [-0.05, 0) is 43.3 Å². The van der Waals surface area contributed by atoms with Crippen molar-refractivity contribution in [3.63, 3.8) is 0 Å². The minimum absolute atomic E-state index is 0.0574. The Kier molecular flexibility index (Phi) is 5.84. The third kappa shape index (κ3) is 4.62. The van der Waals surface area contributed by atoms with Crippen molar-refractivity contribution < 1.29 is 23.9 Å². The first-order valence-corrected chi connectivity index (χ1v) is 8.87. The van der Waals surface area contributed by atoms with E-state index in [-0.39, 0.29) is 24.7 Å². The van der Waals surface area contributed by atoms with Gasteiger partial charge in [0.25, 0.3) is 5.91 Å². The fourth-order valence-electron chi connectivity index (χ4n) is 2.96. The Morgan fingerprint density at radius 3 is 2.39 bits per heavy atom. The molecule has 1 saturated heterocycles. The van der Waals surface area contributed by atoms with Gasteiger partial charge in [0.05, 0.1) is 5.92 Å². The van der Waals surface area contributed by atoms with Crippen molar-refractivity contribution in [2.75, 3.05) is 23.4 Å². The lowest BCUT2D eigenvalue weighted by atomic mass is 10.1. The largest absolute Gasteiger partial charge is 0.455 e. The lowest BCUT2D eigenvalue weighted by Crippen LogP contribution is -2.28. The molecular formula is C21H20N2O5. The Labute approximate surface area is 162 Å². The monoisotopic (exact) mass is 380 g/mol. The molecule has 1 atom stereocenters. The van der Waals surface area contributed by atoms with Gasteiger partial charge in [0.2, 0.25) is 5.91 Å². The summed E-state index contributed by atoms with van der Waals surface area (Å²) < 4.78 is 5.07. The van der Waals surface area contributed by atoms with Crippen molar-refractivity contribution in [2.45, 2.75) is 13.3 Å². The molecule has 2 aromatic carbocycles. The quantitative estimate of drug-likeness (QED) is 0.614. The van der Waals surface area contributed by atoms with E-state index in [1.165, 1.54) is 6.92 Å². The molecule has 1 aliphatic rings. The van der Waals surface area contributed by atoms with E-state index in [0.717, 1.165) is 5.69 Å². The van der Waals surface area contributed by atoms with Gasteiger partial charge in [-0.15, -0.1) is 0 Å². The molecule has 0 aromatic heterocycles. The van der Waals surface area contributed by atoms with Crippen LogP contribution in [0.1, 0.15) is 23.7 Å². The van der Waals surface area contributed by atoms with Crippen LogP contribution in [-0.4, -0.2) is 36.7 Å². The number of hydrogen-bond donors (Lipinski definition) is 1. The van der Waals surface area contributed by atoms with E-state index >= 15 is 0 Å². The van der Waals surface area contributed by atoms with Crippen LogP contribution in [0.2, 0.25) is 0 Å². The number of ketones is 1. The molecule has 1 fully saturated rings. The molecule has 1 heterocycles. The number of esters is 1. The second-order valence-corrected chi connectivity index (χ2v) is 6.53. The number of anilines is 2. The van der Waals surface area contributed by atoms with Crippen LogP contribution in [-0.2, 0) is 19.1 Å². The molecule has 2 amide bonds. The van der Waals surface area contributed by atoms with Crippen LogP contribution >= 0.6 is 0 Å². The number of ether oxygens (including phenoxy) is 1. The molecule has 0 saturated carbocycles. The van der Waals surface area contributed by atoms with Crippen LogP contribution in [0.3, 0.4) is 0 Å². The third-order valence-electron chi connectivity index (χ3n) is 4.45. The molecule has 0 bridgehead atoms. The lowest BCUT2D eigenvalue weighted by molar-refractivity contribution is -0.151. The summed E-state index contributed by atoms with van der Waals surface area (Å²) in [5.74, 6) is -1.89. The highest BCUT2D eigenvalue weighted by Gasteiger charge is 2.36. The van der Waals surface area contributed by atoms with E-state index in [1.807, 2.05) is 18.2 Å². The fourth-order valence-corrected chi connectivity index (χ4v) is 2.96. The highest BCUT2D eigenvalue weighted by Crippen LogP contribution is 2.25. The van der Waals surface area contributed by atoms with E-state index in [1.54, 1.807) is 41.3 Å². The van der Waals surface area contributed by atoms with Gasteiger partial charge >= 0.3 is 5.97 Å². The molecule has 1 N–H and O–H groups in total. The van der Waals surface area contributed by atoms with Crippen LogP contribution in [0.25, 0.3) is 0 Å². The maximum Gasteiger partial charge on any atom is 0.311 e. The SMILES string of the molecule is CC(=O)c1ccc(NC(=O)COC(=O)[C@@H]2CC(=O)N(c3ccccc3)C2)cc1. The highest BCUT2D eigenvalue weighted by molar-refractivity contribution is 6.00. The van der Waals surface area contributed by atoms with Gasteiger partial charge < -0.3 is 15.0 Å². The molecule has 144 valence electrons. The van der Waals surface area contributed by atoms with E-state index in [9.17, 15) is 19.2 Å². The standard InChI is InChI=1S/C21H20N2O5/c1-14(24)15-7-9-17(10-8-15)22-19(25)13-28-21(27)16-11-20(26)23(12-16)18-5-3-2-4-6-18/h2-10,16H,11-13H2,1H3,(H,22,25)/t16-/m1/s1. The number of benzene rings is 2. The van der Waals surface area contributed by atoms with Gasteiger partial charge in [-0.1, -0.05) is 18.2 Å². The second-order valence-electron chi connectivity index (χ2n) is 6.53. The first kappa shape index (κ1) is 19.3. The van der Waals surface area contributed by atoms with Gasteiger partial charge in [-0.25, -0.2) is 0 Å². The van der Waals surface area contributed by atoms with E-state index in [4.69, 9.17) is 4.74 Å². The second kappa shape index (κ2) is 8.47. The minimum atomic E-state index is -0.602. The number of para-hydroxylation sites is 1. The maximum atomic E-state index is 12.2. The first-order chi connectivity index (χ1) is 13.4.